The van der Waals surface area contributed by atoms with Crippen molar-refractivity contribution in [1.29, 1.82) is 5.26 Å². The molecule has 2 rings (SSSR count). The summed E-state index contributed by atoms with van der Waals surface area (Å²) in [6.07, 6.45) is 0. The van der Waals surface area contributed by atoms with Crippen molar-refractivity contribution in [3.05, 3.63) is 58.1 Å². The molecule has 0 aliphatic heterocycles. The number of nitriles is 1. The first-order valence-corrected chi connectivity index (χ1v) is 6.71. The van der Waals surface area contributed by atoms with Crippen LogP contribution >= 0.6 is 15.9 Å². The monoisotopic (exact) mass is 315 g/mol. The predicted octanol–water partition coefficient (Wildman–Crippen LogP) is 4.08. The van der Waals surface area contributed by atoms with E-state index in [4.69, 9.17) is 11.0 Å². The molecule has 3 nitrogen and oxygen atoms in total. The van der Waals surface area contributed by atoms with Crippen LogP contribution in [-0.4, -0.2) is 0 Å². The standard InChI is InChI=1S/C15H14BrN3/c1-10(11-2-5-14(18)6-3-11)19-15-7-4-13(16)8-12(15)9-17/h2-8,10,19H,18H2,1H3. The average molecular weight is 316 g/mol. The van der Waals surface area contributed by atoms with Crippen molar-refractivity contribution in [3.63, 3.8) is 0 Å². The fourth-order valence-corrected chi connectivity index (χ4v) is 2.20. The third kappa shape index (κ3) is 3.27. The quantitative estimate of drug-likeness (QED) is 0.839. The summed E-state index contributed by atoms with van der Waals surface area (Å²) in [6.45, 7) is 2.05. The van der Waals surface area contributed by atoms with Crippen LogP contribution in [0, 0.1) is 11.3 Å². The molecule has 0 radical (unpaired) electrons. The number of benzene rings is 2. The minimum atomic E-state index is 0.105. The number of hydrogen-bond acceptors (Lipinski definition) is 3. The first-order chi connectivity index (χ1) is 9.10. The van der Waals surface area contributed by atoms with E-state index in [2.05, 4.69) is 34.2 Å². The van der Waals surface area contributed by atoms with Crippen LogP contribution in [0.4, 0.5) is 11.4 Å². The molecule has 0 fully saturated rings. The molecule has 0 aliphatic carbocycles. The minimum Gasteiger partial charge on any atom is -0.399 e. The van der Waals surface area contributed by atoms with Crippen LogP contribution in [0.2, 0.25) is 0 Å². The van der Waals surface area contributed by atoms with Gasteiger partial charge in [0.05, 0.1) is 11.3 Å². The van der Waals surface area contributed by atoms with Crippen LogP contribution in [0.3, 0.4) is 0 Å². The van der Waals surface area contributed by atoms with Crippen LogP contribution in [0.25, 0.3) is 0 Å². The van der Waals surface area contributed by atoms with Gasteiger partial charge in [0.15, 0.2) is 0 Å². The largest absolute Gasteiger partial charge is 0.399 e. The van der Waals surface area contributed by atoms with Crippen LogP contribution in [0.5, 0.6) is 0 Å². The molecule has 1 unspecified atom stereocenters. The van der Waals surface area contributed by atoms with E-state index in [9.17, 15) is 0 Å². The molecule has 0 amide bonds. The smallest absolute Gasteiger partial charge is 0.101 e. The maximum absolute atomic E-state index is 9.14. The van der Waals surface area contributed by atoms with Crippen molar-refractivity contribution in [2.24, 2.45) is 0 Å². The Morgan fingerprint density at radius 3 is 2.53 bits per heavy atom. The molecule has 4 heteroatoms. The second-order valence-electron chi connectivity index (χ2n) is 4.33. The molecule has 19 heavy (non-hydrogen) atoms. The topological polar surface area (TPSA) is 61.8 Å². The molecule has 96 valence electrons. The summed E-state index contributed by atoms with van der Waals surface area (Å²) >= 11 is 3.36. The highest BCUT2D eigenvalue weighted by Crippen LogP contribution is 2.25. The maximum Gasteiger partial charge on any atom is 0.101 e. The van der Waals surface area contributed by atoms with E-state index in [1.807, 2.05) is 36.4 Å². The normalized spacial score (nSPS) is 11.6. The summed E-state index contributed by atoms with van der Waals surface area (Å²) in [4.78, 5) is 0. The number of nitrogens with two attached hydrogens (primary N) is 1. The van der Waals surface area contributed by atoms with Crippen molar-refractivity contribution in [2.45, 2.75) is 13.0 Å². The van der Waals surface area contributed by atoms with Crippen molar-refractivity contribution in [3.8, 4) is 6.07 Å². The molecule has 0 spiro atoms. The van der Waals surface area contributed by atoms with E-state index in [-0.39, 0.29) is 6.04 Å². The number of nitrogen functional groups attached to an aromatic ring is 1. The van der Waals surface area contributed by atoms with Gasteiger partial charge < -0.3 is 11.1 Å². The number of halogens is 1. The lowest BCUT2D eigenvalue weighted by Gasteiger charge is -2.17. The molecule has 0 bridgehead atoms. The van der Waals surface area contributed by atoms with Gasteiger partial charge in [0.1, 0.15) is 6.07 Å². The van der Waals surface area contributed by atoms with E-state index in [1.165, 1.54) is 0 Å². The van der Waals surface area contributed by atoms with Gasteiger partial charge in [-0.05, 0) is 42.8 Å². The van der Waals surface area contributed by atoms with Gasteiger partial charge in [-0.2, -0.15) is 5.26 Å². The number of hydrogen-bond donors (Lipinski definition) is 2. The third-order valence-corrected chi connectivity index (χ3v) is 3.40. The van der Waals surface area contributed by atoms with E-state index in [0.717, 1.165) is 21.4 Å². The van der Waals surface area contributed by atoms with Crippen molar-refractivity contribution in [2.75, 3.05) is 11.1 Å². The first kappa shape index (κ1) is 13.4. The lowest BCUT2D eigenvalue weighted by Crippen LogP contribution is -2.07. The van der Waals surface area contributed by atoms with Gasteiger partial charge in [0.25, 0.3) is 0 Å². The second kappa shape index (κ2) is 5.77. The number of nitrogens with zero attached hydrogens (tertiary/aromatic N) is 1. The zero-order valence-corrected chi connectivity index (χ0v) is 12.1. The van der Waals surface area contributed by atoms with Crippen LogP contribution in [0.1, 0.15) is 24.1 Å². The van der Waals surface area contributed by atoms with Crippen LogP contribution in [-0.2, 0) is 0 Å². The van der Waals surface area contributed by atoms with Crippen LogP contribution < -0.4 is 11.1 Å². The average Bonchev–Trinajstić information content (AvgIpc) is 2.41. The number of nitrogens with one attached hydrogen (secondary N) is 1. The lowest BCUT2D eigenvalue weighted by atomic mass is 10.1. The van der Waals surface area contributed by atoms with Gasteiger partial charge in [-0.15, -0.1) is 0 Å². The van der Waals surface area contributed by atoms with Gasteiger partial charge in [-0.3, -0.25) is 0 Å². The fraction of sp³-hybridized carbons (Fsp3) is 0.133. The van der Waals surface area contributed by atoms with Gasteiger partial charge >= 0.3 is 0 Å². The van der Waals surface area contributed by atoms with Gasteiger partial charge in [0, 0.05) is 16.2 Å². The first-order valence-electron chi connectivity index (χ1n) is 5.92. The number of rotatable bonds is 3. The summed E-state index contributed by atoms with van der Waals surface area (Å²) in [5, 5.41) is 12.5. The Labute approximate surface area is 121 Å². The van der Waals surface area contributed by atoms with Crippen molar-refractivity contribution >= 4 is 27.3 Å². The van der Waals surface area contributed by atoms with E-state index in [1.54, 1.807) is 6.07 Å². The molecule has 0 saturated carbocycles. The fourth-order valence-electron chi connectivity index (χ4n) is 1.84. The molecule has 0 saturated heterocycles. The molecule has 0 aromatic heterocycles. The summed E-state index contributed by atoms with van der Waals surface area (Å²) in [6, 6.07) is 15.6. The Bertz CT molecular complexity index is 614. The zero-order valence-electron chi connectivity index (χ0n) is 10.5. The summed E-state index contributed by atoms with van der Waals surface area (Å²) in [7, 11) is 0. The molecule has 2 aromatic carbocycles. The minimum absolute atomic E-state index is 0.105. The number of anilines is 2. The summed E-state index contributed by atoms with van der Waals surface area (Å²) < 4.78 is 0.898. The van der Waals surface area contributed by atoms with E-state index < -0.39 is 0 Å². The Kier molecular flexibility index (Phi) is 4.08. The van der Waals surface area contributed by atoms with Crippen molar-refractivity contribution < 1.29 is 0 Å². The third-order valence-electron chi connectivity index (χ3n) is 2.91. The second-order valence-corrected chi connectivity index (χ2v) is 5.25. The molecule has 0 heterocycles. The SMILES string of the molecule is CC(Nc1ccc(Br)cc1C#N)c1ccc(N)cc1. The molecular weight excluding hydrogens is 302 g/mol. The molecule has 3 N–H and O–H groups in total. The maximum atomic E-state index is 9.14. The highest BCUT2D eigenvalue weighted by molar-refractivity contribution is 9.10. The highest BCUT2D eigenvalue weighted by Gasteiger charge is 2.08. The zero-order chi connectivity index (χ0) is 13.8. The molecule has 0 aliphatic rings. The van der Waals surface area contributed by atoms with Crippen LogP contribution in [0.15, 0.2) is 46.9 Å². The molecular formula is C15H14BrN3. The van der Waals surface area contributed by atoms with Crippen molar-refractivity contribution in [1.82, 2.24) is 0 Å². The van der Waals surface area contributed by atoms with E-state index in [0.29, 0.717) is 5.56 Å². The van der Waals surface area contributed by atoms with Gasteiger partial charge in [-0.1, -0.05) is 28.1 Å². The predicted molar refractivity (Wildman–Crippen MR) is 81.7 cm³/mol. The molecule has 2 aromatic rings. The Balaban J connectivity index is 2.21. The highest BCUT2D eigenvalue weighted by atomic mass is 79.9. The summed E-state index contributed by atoms with van der Waals surface area (Å²) in [5.41, 5.74) is 9.00. The Hall–Kier alpha value is -1.99. The van der Waals surface area contributed by atoms with Gasteiger partial charge in [0.2, 0.25) is 0 Å². The lowest BCUT2D eigenvalue weighted by molar-refractivity contribution is 0.884. The van der Waals surface area contributed by atoms with E-state index >= 15 is 0 Å². The van der Waals surface area contributed by atoms with Gasteiger partial charge in [-0.25, -0.2) is 0 Å². The Morgan fingerprint density at radius 1 is 1.21 bits per heavy atom. The Morgan fingerprint density at radius 2 is 1.89 bits per heavy atom. The summed E-state index contributed by atoms with van der Waals surface area (Å²) in [5.74, 6) is 0. The molecule has 1 atom stereocenters.